The molecule has 2 bridgehead atoms. The maximum atomic E-state index is 13.8. The van der Waals surface area contributed by atoms with Crippen LogP contribution in [0.5, 0.6) is 0 Å². The molecule has 35 heavy (non-hydrogen) atoms. The molecule has 4 atom stereocenters. The fourth-order valence-electron chi connectivity index (χ4n) is 5.41. The molecule has 1 aromatic heterocycles. The molecule has 0 saturated carbocycles. The normalized spacial score (nSPS) is 23.7. The molecule has 0 aliphatic carbocycles. The minimum Gasteiger partial charge on any atom is -0.481 e. The summed E-state index contributed by atoms with van der Waals surface area (Å²) >= 11 is 0. The molecular formula is C25H23FN2O6S. The van der Waals surface area contributed by atoms with Gasteiger partial charge < -0.3 is 14.8 Å². The lowest BCUT2D eigenvalue weighted by Crippen LogP contribution is -2.49. The van der Waals surface area contributed by atoms with Crippen LogP contribution in [0.1, 0.15) is 17.3 Å². The Kier molecular flexibility index (Phi) is 5.62. The van der Waals surface area contributed by atoms with Gasteiger partial charge in [0.05, 0.1) is 16.9 Å². The molecule has 8 nitrogen and oxygen atoms in total. The van der Waals surface area contributed by atoms with Crippen LogP contribution >= 0.6 is 0 Å². The van der Waals surface area contributed by atoms with Crippen molar-refractivity contribution in [1.29, 1.82) is 0 Å². The highest BCUT2D eigenvalue weighted by molar-refractivity contribution is 7.89. The quantitative estimate of drug-likeness (QED) is 0.558. The Morgan fingerprint density at radius 1 is 1.11 bits per heavy atom. The van der Waals surface area contributed by atoms with E-state index in [1.54, 1.807) is 25.1 Å². The second-order valence-corrected chi connectivity index (χ2v) is 10.8. The van der Waals surface area contributed by atoms with Gasteiger partial charge >= 0.3 is 5.97 Å². The highest BCUT2D eigenvalue weighted by Gasteiger charge is 2.60. The molecule has 3 aromatic rings. The molecule has 3 heterocycles. The number of nitrogens with zero attached hydrogens (tertiary/aromatic N) is 2. The highest BCUT2D eigenvalue weighted by Crippen LogP contribution is 2.51. The number of rotatable bonds is 5. The van der Waals surface area contributed by atoms with Gasteiger partial charge in [0.1, 0.15) is 5.82 Å². The summed E-state index contributed by atoms with van der Waals surface area (Å²) in [5.74, 6) is -3.85. The van der Waals surface area contributed by atoms with Crippen LogP contribution in [0, 0.1) is 24.6 Å². The Morgan fingerprint density at radius 3 is 2.46 bits per heavy atom. The maximum absolute atomic E-state index is 13.8. The van der Waals surface area contributed by atoms with E-state index in [4.69, 9.17) is 0 Å². The third-order valence-corrected chi connectivity index (χ3v) is 8.90. The molecule has 2 N–H and O–H groups in total. The smallest absolute Gasteiger partial charge is 0.308 e. The summed E-state index contributed by atoms with van der Waals surface area (Å²) in [6.45, 7) is 1.09. The molecule has 0 radical (unpaired) electrons. The van der Waals surface area contributed by atoms with Crippen LogP contribution in [0.2, 0.25) is 0 Å². The number of pyridine rings is 1. The first-order valence-corrected chi connectivity index (χ1v) is 12.5. The molecule has 2 aliphatic rings. The van der Waals surface area contributed by atoms with Gasteiger partial charge in [-0.05, 0) is 54.4 Å². The van der Waals surface area contributed by atoms with E-state index in [9.17, 15) is 32.6 Å². The Labute approximate surface area is 200 Å². The molecule has 1 fully saturated rings. The van der Waals surface area contributed by atoms with E-state index in [0.29, 0.717) is 5.56 Å². The van der Waals surface area contributed by atoms with Crippen molar-refractivity contribution in [2.45, 2.75) is 30.4 Å². The zero-order chi connectivity index (χ0) is 25.1. The number of aliphatic hydroxyl groups is 1. The van der Waals surface area contributed by atoms with Gasteiger partial charge in [0.2, 0.25) is 10.0 Å². The van der Waals surface area contributed by atoms with Gasteiger partial charge in [-0.2, -0.15) is 4.31 Å². The summed E-state index contributed by atoms with van der Waals surface area (Å²) in [4.78, 5) is 25.8. The summed E-state index contributed by atoms with van der Waals surface area (Å²) in [5, 5.41) is 20.2. The van der Waals surface area contributed by atoms with E-state index in [2.05, 4.69) is 0 Å². The van der Waals surface area contributed by atoms with Gasteiger partial charge in [0, 0.05) is 36.4 Å². The number of aryl methyl sites for hydroxylation is 1. The zero-order valence-electron chi connectivity index (χ0n) is 18.7. The topological polar surface area (TPSA) is 117 Å². The summed E-state index contributed by atoms with van der Waals surface area (Å²) in [6, 6.07) is 12.7. The number of aromatic nitrogens is 1. The predicted octanol–water partition coefficient (Wildman–Crippen LogP) is 2.40. The van der Waals surface area contributed by atoms with Crippen LogP contribution in [0.4, 0.5) is 4.39 Å². The molecular weight excluding hydrogens is 475 g/mol. The average molecular weight is 499 g/mol. The number of aliphatic carboxylic acids is 1. The second-order valence-electron chi connectivity index (χ2n) is 8.97. The first-order chi connectivity index (χ1) is 16.6. The SMILES string of the molecule is Cc1cccc(S(=O)(=O)N2[C@@H]3c4ccc(-c5ccc(F)cc5)c(=O)n4C[C@H]2[C@H](CO)[C@H]3C(=O)O)c1. The molecule has 2 aliphatic heterocycles. The Hall–Kier alpha value is -3.34. The number of sulfonamides is 1. The minimum absolute atomic E-state index is 0.0222. The zero-order valence-corrected chi connectivity index (χ0v) is 19.5. The van der Waals surface area contributed by atoms with E-state index in [0.717, 1.165) is 9.87 Å². The van der Waals surface area contributed by atoms with Crippen LogP contribution in [0.15, 0.2) is 70.4 Å². The lowest BCUT2D eigenvalue weighted by atomic mass is 9.87. The molecule has 5 rings (SSSR count). The average Bonchev–Trinajstić information content (AvgIpc) is 3.08. The Morgan fingerprint density at radius 2 is 1.83 bits per heavy atom. The number of carbonyl (C=O) groups is 1. The van der Waals surface area contributed by atoms with Crippen molar-refractivity contribution in [3.8, 4) is 11.1 Å². The van der Waals surface area contributed by atoms with E-state index in [-0.39, 0.29) is 22.7 Å². The second kappa shape index (κ2) is 8.40. The van der Waals surface area contributed by atoms with Gasteiger partial charge in [-0.1, -0.05) is 24.3 Å². The minimum atomic E-state index is -4.15. The van der Waals surface area contributed by atoms with Crippen molar-refractivity contribution < 1.29 is 27.8 Å². The van der Waals surface area contributed by atoms with Crippen LogP contribution < -0.4 is 5.56 Å². The number of hydrogen-bond donors (Lipinski definition) is 2. The van der Waals surface area contributed by atoms with Crippen molar-refractivity contribution in [1.82, 2.24) is 8.87 Å². The summed E-state index contributed by atoms with van der Waals surface area (Å²) < 4.78 is 43.5. The van der Waals surface area contributed by atoms with Gasteiger partial charge in [0.25, 0.3) is 5.56 Å². The number of halogens is 1. The lowest BCUT2D eigenvalue weighted by Gasteiger charge is -2.37. The molecule has 0 amide bonds. The molecule has 1 saturated heterocycles. The van der Waals surface area contributed by atoms with E-state index >= 15 is 0 Å². The van der Waals surface area contributed by atoms with E-state index in [1.165, 1.54) is 47.0 Å². The lowest BCUT2D eigenvalue weighted by molar-refractivity contribution is -0.144. The number of benzene rings is 2. The molecule has 10 heteroatoms. The van der Waals surface area contributed by atoms with Crippen molar-refractivity contribution in [3.05, 3.63) is 88.1 Å². The standard InChI is InChI=1S/C25H23FN2O6S/c1-14-3-2-4-17(11-14)35(33,34)28-21-12-27-20(23(28)22(25(31)32)19(21)13-29)10-9-18(24(27)30)15-5-7-16(26)8-6-15/h2-11,19,21-23,29H,12-13H2,1H3,(H,31,32)/t19-,21-,22+,23+/m0/s1. The largest absolute Gasteiger partial charge is 0.481 e. The summed E-state index contributed by atoms with van der Waals surface area (Å²) in [6.07, 6.45) is 0. The third kappa shape index (κ3) is 3.60. The van der Waals surface area contributed by atoms with Gasteiger partial charge in [-0.15, -0.1) is 0 Å². The maximum Gasteiger partial charge on any atom is 0.308 e. The van der Waals surface area contributed by atoms with Crippen molar-refractivity contribution in [2.75, 3.05) is 6.61 Å². The fourth-order valence-corrected chi connectivity index (χ4v) is 7.36. The Bertz CT molecular complexity index is 1480. The van der Waals surface area contributed by atoms with E-state index in [1.807, 2.05) is 0 Å². The van der Waals surface area contributed by atoms with Crippen molar-refractivity contribution in [3.63, 3.8) is 0 Å². The van der Waals surface area contributed by atoms with Crippen molar-refractivity contribution >= 4 is 16.0 Å². The van der Waals surface area contributed by atoms with Crippen LogP contribution in [0.3, 0.4) is 0 Å². The number of aliphatic hydroxyl groups excluding tert-OH is 1. The monoisotopic (exact) mass is 498 g/mol. The van der Waals surface area contributed by atoms with Crippen LogP contribution in [0.25, 0.3) is 11.1 Å². The fraction of sp³-hybridized carbons (Fsp3) is 0.280. The Balaban J connectivity index is 1.70. The first-order valence-electron chi connectivity index (χ1n) is 11.1. The molecule has 2 aromatic carbocycles. The van der Waals surface area contributed by atoms with Crippen LogP contribution in [-0.4, -0.2) is 46.1 Å². The number of hydrogen-bond acceptors (Lipinski definition) is 5. The van der Waals surface area contributed by atoms with Gasteiger partial charge in [-0.3, -0.25) is 9.59 Å². The predicted molar refractivity (Wildman–Crippen MR) is 125 cm³/mol. The highest BCUT2D eigenvalue weighted by atomic mass is 32.2. The van der Waals surface area contributed by atoms with Crippen LogP contribution in [-0.2, 0) is 21.4 Å². The molecule has 0 unspecified atom stereocenters. The summed E-state index contributed by atoms with van der Waals surface area (Å²) in [7, 11) is -4.15. The van der Waals surface area contributed by atoms with Crippen molar-refractivity contribution in [2.24, 2.45) is 11.8 Å². The first kappa shape index (κ1) is 23.4. The molecule has 0 spiro atoms. The van der Waals surface area contributed by atoms with E-state index < -0.39 is 57.9 Å². The summed E-state index contributed by atoms with van der Waals surface area (Å²) in [5.41, 5.74) is 1.32. The van der Waals surface area contributed by atoms with Gasteiger partial charge in [-0.25, -0.2) is 12.8 Å². The number of carboxylic acids is 1. The molecule has 182 valence electrons. The number of fused-ring (bicyclic) bond motifs is 4. The number of carboxylic acid groups (broad SMARTS) is 1. The third-order valence-electron chi connectivity index (χ3n) is 6.99. The van der Waals surface area contributed by atoms with Gasteiger partial charge in [0.15, 0.2) is 0 Å².